The van der Waals surface area contributed by atoms with Crippen LogP contribution in [0, 0.1) is 0 Å². The number of benzene rings is 1. The molecule has 0 aromatic heterocycles. The van der Waals surface area contributed by atoms with Gasteiger partial charge < -0.3 is 10.0 Å². The largest absolute Gasteiger partial charge is 0.480 e. The predicted molar refractivity (Wildman–Crippen MR) is 81.1 cm³/mol. The molecule has 1 amide bonds. The van der Waals surface area contributed by atoms with E-state index >= 15 is 0 Å². The van der Waals surface area contributed by atoms with Crippen LogP contribution < -0.4 is 0 Å². The first-order valence-electron chi connectivity index (χ1n) is 5.72. The van der Waals surface area contributed by atoms with Crippen molar-refractivity contribution in [2.45, 2.75) is 6.04 Å². The summed E-state index contributed by atoms with van der Waals surface area (Å²) in [6.07, 6.45) is 2.91. The van der Waals surface area contributed by atoms with E-state index in [0.29, 0.717) is 27.2 Å². The summed E-state index contributed by atoms with van der Waals surface area (Å²) in [6, 6.07) is 4.18. The third-order valence-electron chi connectivity index (χ3n) is 2.75. The van der Waals surface area contributed by atoms with Crippen molar-refractivity contribution >= 4 is 52.9 Å². The first-order valence-corrected chi connectivity index (χ1v) is 7.64. The van der Waals surface area contributed by atoms with Crippen molar-refractivity contribution in [2.24, 2.45) is 0 Å². The quantitative estimate of drug-likeness (QED) is 0.865. The maximum Gasteiger partial charge on any atom is 0.327 e. The number of nitrogens with zero attached hydrogens (tertiary/aromatic N) is 1. The molecule has 0 bridgehead atoms. The third kappa shape index (κ3) is 3.69. The van der Waals surface area contributed by atoms with Crippen LogP contribution >= 0.6 is 35.0 Å². The van der Waals surface area contributed by atoms with Crippen LogP contribution in [0.15, 0.2) is 24.3 Å². The summed E-state index contributed by atoms with van der Waals surface area (Å²) < 4.78 is 0. The zero-order valence-electron chi connectivity index (χ0n) is 10.3. The lowest BCUT2D eigenvalue weighted by Gasteiger charge is -2.18. The lowest BCUT2D eigenvalue weighted by Crippen LogP contribution is -2.40. The molecule has 1 saturated heterocycles. The second-order valence-corrected chi connectivity index (χ2v) is 6.07. The van der Waals surface area contributed by atoms with Crippen molar-refractivity contribution in [3.63, 3.8) is 0 Å². The minimum Gasteiger partial charge on any atom is -0.480 e. The SMILES string of the molecule is O=C(O)[C@@H]1CSCN1C(=O)/C=C/c1cc(Cl)cc(Cl)c1. The first-order chi connectivity index (χ1) is 9.47. The van der Waals surface area contributed by atoms with E-state index in [2.05, 4.69) is 0 Å². The lowest BCUT2D eigenvalue weighted by atomic mass is 10.2. The molecule has 1 N–H and O–H groups in total. The number of hydrogen-bond acceptors (Lipinski definition) is 3. The Bertz CT molecular complexity index is 556. The Balaban J connectivity index is 2.10. The van der Waals surface area contributed by atoms with Crippen LogP contribution in [0.25, 0.3) is 6.08 Å². The van der Waals surface area contributed by atoms with Crippen LogP contribution in [-0.4, -0.2) is 39.6 Å². The van der Waals surface area contributed by atoms with Crippen LogP contribution in [0.4, 0.5) is 0 Å². The number of amides is 1. The van der Waals surface area contributed by atoms with E-state index < -0.39 is 12.0 Å². The molecule has 1 aliphatic heterocycles. The van der Waals surface area contributed by atoms with Crippen molar-refractivity contribution in [1.29, 1.82) is 0 Å². The summed E-state index contributed by atoms with van der Waals surface area (Å²) in [6.45, 7) is 0. The number of carbonyl (C=O) groups excluding carboxylic acids is 1. The highest BCUT2D eigenvalue weighted by molar-refractivity contribution is 7.99. The molecule has 1 aliphatic rings. The van der Waals surface area contributed by atoms with E-state index in [1.165, 1.54) is 22.7 Å². The number of rotatable bonds is 3. The molecular weight excluding hydrogens is 321 g/mol. The van der Waals surface area contributed by atoms with Crippen molar-refractivity contribution in [3.8, 4) is 0 Å². The monoisotopic (exact) mass is 331 g/mol. The van der Waals surface area contributed by atoms with Gasteiger partial charge in [-0.15, -0.1) is 11.8 Å². The van der Waals surface area contributed by atoms with Crippen LogP contribution in [-0.2, 0) is 9.59 Å². The molecule has 20 heavy (non-hydrogen) atoms. The highest BCUT2D eigenvalue weighted by Crippen LogP contribution is 2.23. The maximum atomic E-state index is 12.0. The Labute approximate surface area is 130 Å². The summed E-state index contributed by atoms with van der Waals surface area (Å²) in [5.41, 5.74) is 0.689. The molecule has 0 radical (unpaired) electrons. The van der Waals surface area contributed by atoms with Gasteiger partial charge in [0.15, 0.2) is 0 Å². The molecule has 1 fully saturated rings. The van der Waals surface area contributed by atoms with Gasteiger partial charge in [0.2, 0.25) is 5.91 Å². The van der Waals surface area contributed by atoms with Gasteiger partial charge in [0.1, 0.15) is 6.04 Å². The highest BCUT2D eigenvalue weighted by atomic mass is 35.5. The summed E-state index contributed by atoms with van der Waals surface area (Å²) in [4.78, 5) is 24.3. The fourth-order valence-corrected chi connectivity index (χ4v) is 3.50. The molecular formula is C13H11Cl2NO3S. The third-order valence-corrected chi connectivity index (χ3v) is 4.20. The van der Waals surface area contributed by atoms with Gasteiger partial charge in [0.05, 0.1) is 5.88 Å². The average molecular weight is 332 g/mol. The van der Waals surface area contributed by atoms with E-state index in [-0.39, 0.29) is 5.91 Å². The fourth-order valence-electron chi connectivity index (χ4n) is 1.80. The number of carboxylic acid groups (broad SMARTS) is 1. The number of aliphatic carboxylic acids is 1. The zero-order chi connectivity index (χ0) is 14.7. The molecule has 1 atom stereocenters. The average Bonchev–Trinajstić information content (AvgIpc) is 2.84. The molecule has 0 saturated carbocycles. The lowest BCUT2D eigenvalue weighted by molar-refractivity contribution is -0.146. The van der Waals surface area contributed by atoms with Gasteiger partial charge in [-0.2, -0.15) is 0 Å². The van der Waals surface area contributed by atoms with E-state index in [0.717, 1.165) is 0 Å². The molecule has 7 heteroatoms. The van der Waals surface area contributed by atoms with Crippen molar-refractivity contribution in [1.82, 2.24) is 4.90 Å². The van der Waals surface area contributed by atoms with Crippen LogP contribution in [0.3, 0.4) is 0 Å². The van der Waals surface area contributed by atoms with Gasteiger partial charge in [-0.05, 0) is 29.8 Å². The van der Waals surface area contributed by atoms with Gasteiger partial charge in [0, 0.05) is 21.9 Å². The van der Waals surface area contributed by atoms with Gasteiger partial charge in [0.25, 0.3) is 0 Å². The summed E-state index contributed by atoms with van der Waals surface area (Å²) in [5, 5.41) is 9.98. The summed E-state index contributed by atoms with van der Waals surface area (Å²) in [7, 11) is 0. The molecule has 1 aromatic rings. The van der Waals surface area contributed by atoms with Crippen LogP contribution in [0.2, 0.25) is 10.0 Å². The second-order valence-electron chi connectivity index (χ2n) is 4.20. The number of hydrogen-bond donors (Lipinski definition) is 1. The van der Waals surface area contributed by atoms with E-state index in [9.17, 15) is 9.59 Å². The smallest absolute Gasteiger partial charge is 0.327 e. The number of thioether (sulfide) groups is 1. The van der Waals surface area contributed by atoms with Crippen LogP contribution in [0.1, 0.15) is 5.56 Å². The van der Waals surface area contributed by atoms with E-state index in [4.69, 9.17) is 28.3 Å². The molecule has 2 rings (SSSR count). The standard InChI is InChI=1S/C13H11Cl2NO3S/c14-9-3-8(4-10(15)5-9)1-2-12(17)16-7-20-6-11(16)13(18)19/h1-5,11H,6-7H2,(H,18,19)/b2-1+/t11-/m0/s1. The number of carboxylic acids is 1. The molecule has 106 valence electrons. The molecule has 0 spiro atoms. The molecule has 4 nitrogen and oxygen atoms in total. The first kappa shape index (κ1) is 15.2. The number of carbonyl (C=O) groups is 2. The highest BCUT2D eigenvalue weighted by Gasteiger charge is 2.33. The Morgan fingerprint density at radius 3 is 2.55 bits per heavy atom. The van der Waals surface area contributed by atoms with Gasteiger partial charge in [-0.3, -0.25) is 4.79 Å². The Morgan fingerprint density at radius 2 is 1.95 bits per heavy atom. The van der Waals surface area contributed by atoms with E-state index in [1.54, 1.807) is 24.3 Å². The molecule has 0 aliphatic carbocycles. The fraction of sp³-hybridized carbons (Fsp3) is 0.231. The van der Waals surface area contributed by atoms with E-state index in [1.807, 2.05) is 0 Å². The van der Waals surface area contributed by atoms with Crippen molar-refractivity contribution < 1.29 is 14.7 Å². The van der Waals surface area contributed by atoms with Gasteiger partial charge >= 0.3 is 5.97 Å². The molecule has 1 aromatic carbocycles. The second kappa shape index (κ2) is 6.52. The van der Waals surface area contributed by atoms with Gasteiger partial charge in [-0.25, -0.2) is 4.79 Å². The number of halogens is 2. The topological polar surface area (TPSA) is 57.6 Å². The Kier molecular flexibility index (Phi) is 4.96. The van der Waals surface area contributed by atoms with Crippen molar-refractivity contribution in [3.05, 3.63) is 39.9 Å². The maximum absolute atomic E-state index is 12.0. The minimum atomic E-state index is -0.984. The van der Waals surface area contributed by atoms with Crippen LogP contribution in [0.5, 0.6) is 0 Å². The Hall–Kier alpha value is -1.17. The predicted octanol–water partition coefficient (Wildman–Crippen LogP) is 2.99. The van der Waals surface area contributed by atoms with Gasteiger partial charge in [-0.1, -0.05) is 23.2 Å². The summed E-state index contributed by atoms with van der Waals surface area (Å²) in [5.74, 6) is -0.519. The normalized spacial score (nSPS) is 18.7. The summed E-state index contributed by atoms with van der Waals surface area (Å²) >= 11 is 13.1. The van der Waals surface area contributed by atoms with Crippen molar-refractivity contribution in [2.75, 3.05) is 11.6 Å². The molecule has 1 heterocycles. The minimum absolute atomic E-state index is 0.335. The zero-order valence-corrected chi connectivity index (χ0v) is 12.6. The molecule has 0 unspecified atom stereocenters. The Morgan fingerprint density at radius 1 is 1.30 bits per heavy atom.